The average molecular weight is 274 g/mol. The first kappa shape index (κ1) is 12.6. The van der Waals surface area contributed by atoms with Crippen molar-refractivity contribution in [1.29, 1.82) is 0 Å². The monoisotopic (exact) mass is 274 g/mol. The van der Waals surface area contributed by atoms with Crippen molar-refractivity contribution in [2.45, 2.75) is 19.2 Å². The summed E-state index contributed by atoms with van der Waals surface area (Å²) in [6.45, 7) is 3.07. The number of hydrogen-bond acceptors (Lipinski definition) is 1. The van der Waals surface area contributed by atoms with E-state index in [1.54, 1.807) is 0 Å². The molecule has 0 heterocycles. The van der Waals surface area contributed by atoms with Crippen LogP contribution in [-0.4, -0.2) is 17.4 Å². The van der Waals surface area contributed by atoms with Crippen LogP contribution in [0.5, 0.6) is 0 Å². The van der Waals surface area contributed by atoms with E-state index >= 15 is 0 Å². The van der Waals surface area contributed by atoms with E-state index in [-0.39, 0.29) is 0 Å². The molecule has 0 amide bonds. The zero-order valence-electron chi connectivity index (χ0n) is 4.61. The lowest BCUT2D eigenvalue weighted by Gasteiger charge is -2.06. The molecule has 2 atom stereocenters. The third-order valence-corrected chi connectivity index (χ3v) is 0.474. The van der Waals surface area contributed by atoms with Gasteiger partial charge in [0.1, 0.15) is 6.10 Å². The summed E-state index contributed by atoms with van der Waals surface area (Å²) >= 11 is 2.07. The summed E-state index contributed by atoms with van der Waals surface area (Å²) in [4.78, 5) is 0. The largest absolute Gasteiger partial charge is 0.414 e. The van der Waals surface area contributed by atoms with Gasteiger partial charge in [0.25, 0.3) is 0 Å². The molecule has 0 aliphatic carbocycles. The molecule has 0 rings (SSSR count). The van der Waals surface area contributed by atoms with E-state index in [2.05, 4.69) is 28.9 Å². The number of alkyl halides is 3. The van der Waals surface area contributed by atoms with Crippen LogP contribution in [0.4, 0.5) is 13.2 Å². The van der Waals surface area contributed by atoms with Crippen molar-refractivity contribution in [3.63, 3.8) is 0 Å². The van der Waals surface area contributed by atoms with E-state index in [0.29, 0.717) is 6.92 Å². The van der Waals surface area contributed by atoms with Gasteiger partial charge in [0, 0.05) is 0 Å². The molecule has 0 bridgehead atoms. The van der Waals surface area contributed by atoms with Crippen LogP contribution >= 0.6 is 28.9 Å². The Hall–Kier alpha value is 0.910. The van der Waals surface area contributed by atoms with E-state index < -0.39 is 12.3 Å². The molecule has 1 nitrogen and oxygen atoms in total. The number of halogens is 4. The first-order valence-electron chi connectivity index (χ1n) is 1.91. The minimum absolute atomic E-state index is 0.681. The highest BCUT2D eigenvalue weighted by molar-refractivity contribution is 14.2. The molecule has 58 valence electrons. The number of hydrogen-bond donors (Lipinski definition) is 1. The maximum absolute atomic E-state index is 10.9. The van der Waals surface area contributed by atoms with Crippen LogP contribution in [0.25, 0.3) is 0 Å². The van der Waals surface area contributed by atoms with Gasteiger partial charge in [-0.1, -0.05) is 28.9 Å². The van der Waals surface area contributed by atoms with Gasteiger partial charge in [0.15, 0.2) is 0 Å². The van der Waals surface area contributed by atoms with Crippen LogP contribution in [0, 0.1) is 0 Å². The molecule has 0 aromatic rings. The molecule has 0 saturated heterocycles. The minimum atomic E-state index is -4.44. The van der Waals surface area contributed by atoms with Gasteiger partial charge in [0.05, 0.1) is 0 Å². The molecular weight excluding hydrogens is 267 g/mol. The Bertz CT molecular complexity index is 64.6. The second-order valence-electron chi connectivity index (χ2n) is 1.22. The number of rotatable bonds is 0. The van der Waals surface area contributed by atoms with Gasteiger partial charge in [-0.25, -0.2) is 0 Å². The topological polar surface area (TPSA) is 20.2 Å². The fourth-order valence-corrected chi connectivity index (χ4v) is 0. The van der Waals surface area contributed by atoms with E-state index in [1.165, 1.54) is 0 Å². The van der Waals surface area contributed by atoms with Crippen LogP contribution in [0.2, 0.25) is 0 Å². The van der Waals surface area contributed by atoms with Crippen molar-refractivity contribution in [3.05, 3.63) is 0 Å². The third kappa shape index (κ3) is 8.91. The lowest BCUT2D eigenvalue weighted by Crippen LogP contribution is -2.24. The molecule has 6 heteroatoms. The Morgan fingerprint density at radius 2 is 1.56 bits per heavy atom. The molecular formula is C3H7F3IOP. The van der Waals surface area contributed by atoms with E-state index in [4.69, 9.17) is 5.11 Å². The predicted octanol–water partition coefficient (Wildman–Crippen LogP) is 2.14. The third-order valence-electron chi connectivity index (χ3n) is 0.474. The maximum Gasteiger partial charge on any atom is 0.414 e. The average Bonchev–Trinajstić information content (AvgIpc) is 1.69. The zero-order chi connectivity index (χ0) is 8.08. The summed E-state index contributed by atoms with van der Waals surface area (Å²) in [5.74, 6) is 0. The highest BCUT2D eigenvalue weighted by Gasteiger charge is 2.33. The number of aliphatic hydroxyl groups is 1. The van der Waals surface area contributed by atoms with Gasteiger partial charge in [-0.2, -0.15) is 13.2 Å². The molecule has 0 spiro atoms. The van der Waals surface area contributed by atoms with E-state index in [1.807, 2.05) is 0 Å². The van der Waals surface area contributed by atoms with Crippen LogP contribution < -0.4 is 0 Å². The Labute approximate surface area is 66.7 Å². The van der Waals surface area contributed by atoms with E-state index in [9.17, 15) is 13.2 Å². The van der Waals surface area contributed by atoms with Crippen molar-refractivity contribution in [3.8, 4) is 0 Å². The van der Waals surface area contributed by atoms with Gasteiger partial charge >= 0.3 is 6.18 Å². The Morgan fingerprint density at radius 3 is 1.56 bits per heavy atom. The molecule has 0 aromatic heterocycles. The van der Waals surface area contributed by atoms with E-state index in [0.717, 1.165) is 0 Å². The first-order valence-corrected chi connectivity index (χ1v) is 6.08. The lowest BCUT2D eigenvalue weighted by molar-refractivity contribution is -0.197. The molecule has 2 unspecified atom stereocenters. The molecule has 0 aliphatic rings. The highest BCUT2D eigenvalue weighted by Crippen LogP contribution is 2.18. The normalized spacial score (nSPS) is 13.7. The quantitative estimate of drug-likeness (QED) is 0.530. The van der Waals surface area contributed by atoms with Crippen molar-refractivity contribution in [1.82, 2.24) is 0 Å². The van der Waals surface area contributed by atoms with Crippen LogP contribution in [0.15, 0.2) is 0 Å². The molecule has 0 saturated carbocycles. The molecule has 1 N–H and O–H groups in total. The summed E-state index contributed by atoms with van der Waals surface area (Å²) < 4.78 is 32.8. The summed E-state index contributed by atoms with van der Waals surface area (Å²) in [5.41, 5.74) is 0. The fraction of sp³-hybridized carbons (Fsp3) is 1.00. The summed E-state index contributed by atoms with van der Waals surface area (Å²) in [6, 6.07) is 0. The highest BCUT2D eigenvalue weighted by atomic mass is 127. The second-order valence-corrected chi connectivity index (χ2v) is 1.22. The van der Waals surface area contributed by atoms with Crippen molar-refractivity contribution in [2.75, 3.05) is 0 Å². The van der Waals surface area contributed by atoms with Crippen molar-refractivity contribution in [2.24, 2.45) is 0 Å². The number of aliphatic hydroxyl groups excluding tert-OH is 1. The second kappa shape index (κ2) is 5.68. The van der Waals surface area contributed by atoms with Crippen molar-refractivity contribution < 1.29 is 18.3 Å². The molecule has 0 fully saturated rings. The summed E-state index contributed by atoms with van der Waals surface area (Å²) in [7, 11) is 0. The van der Waals surface area contributed by atoms with Crippen LogP contribution in [0.1, 0.15) is 6.92 Å². The van der Waals surface area contributed by atoms with Gasteiger partial charge in [0.2, 0.25) is 0 Å². The summed E-state index contributed by atoms with van der Waals surface area (Å²) in [6.07, 6.45) is -6.65. The molecule has 0 aromatic carbocycles. The van der Waals surface area contributed by atoms with Gasteiger partial charge in [-0.15, -0.1) is 0 Å². The zero-order valence-corrected chi connectivity index (χ0v) is 7.93. The smallest absolute Gasteiger partial charge is 0.384 e. The first-order chi connectivity index (χ1) is 3.94. The van der Waals surface area contributed by atoms with Crippen LogP contribution in [-0.2, 0) is 0 Å². The van der Waals surface area contributed by atoms with Crippen LogP contribution in [0.3, 0.4) is 0 Å². The van der Waals surface area contributed by atoms with Gasteiger partial charge in [-0.05, 0) is 6.92 Å². The molecule has 0 aliphatic heterocycles. The Balaban J connectivity index is 0. The summed E-state index contributed by atoms with van der Waals surface area (Å²) in [5, 5.41) is 7.76. The molecule has 0 radical (unpaired) electrons. The predicted molar refractivity (Wildman–Crippen MR) is 41.5 cm³/mol. The minimum Gasteiger partial charge on any atom is -0.384 e. The van der Waals surface area contributed by atoms with Gasteiger partial charge < -0.3 is 5.11 Å². The standard InChI is InChI=1S/C3H5F3O.H2IP/c1-2(7)3(4,5)6;1-2/h2,7H,1H3;2H2. The maximum atomic E-state index is 10.9. The lowest BCUT2D eigenvalue weighted by atomic mass is 10.4. The molecule has 9 heavy (non-hydrogen) atoms. The Kier molecular flexibility index (Phi) is 7.93. The fourth-order valence-electron chi connectivity index (χ4n) is 0. The Morgan fingerprint density at radius 1 is 1.44 bits per heavy atom. The van der Waals surface area contributed by atoms with Gasteiger partial charge in [-0.3, -0.25) is 0 Å². The van der Waals surface area contributed by atoms with Crippen molar-refractivity contribution >= 4 is 28.9 Å². The SMILES string of the molecule is CC(O)C(F)(F)F.PI.